The normalized spacial score (nSPS) is 13.4. The van der Waals surface area contributed by atoms with Crippen LogP contribution in [0.1, 0.15) is 16.7 Å². The lowest BCUT2D eigenvalue weighted by Gasteiger charge is -2.21. The molecule has 0 spiro atoms. The maximum atomic E-state index is 5.17. The fourth-order valence-corrected chi connectivity index (χ4v) is 2.28. The van der Waals surface area contributed by atoms with Crippen LogP contribution in [-0.2, 0) is 16.0 Å². The van der Waals surface area contributed by atoms with E-state index in [1.807, 2.05) is 11.3 Å². The lowest BCUT2D eigenvalue weighted by Crippen LogP contribution is -2.39. The molecule has 0 aliphatic carbocycles. The van der Waals surface area contributed by atoms with Gasteiger partial charge in [-0.2, -0.15) is 0 Å². The van der Waals surface area contributed by atoms with Crippen molar-refractivity contribution in [3.05, 3.63) is 21.9 Å². The van der Waals surface area contributed by atoms with Crippen molar-refractivity contribution in [2.24, 2.45) is 0 Å². The molecule has 0 aliphatic heterocycles. The van der Waals surface area contributed by atoms with Crippen LogP contribution in [0.2, 0.25) is 0 Å². The number of methoxy groups -OCH3 is 2. The number of nitrogens with one attached hydrogen (secondary N) is 1. The van der Waals surface area contributed by atoms with Gasteiger partial charge in [0.2, 0.25) is 0 Å². The Labute approximate surface area is 95.4 Å². The third-order valence-corrected chi connectivity index (χ3v) is 3.27. The summed E-state index contributed by atoms with van der Waals surface area (Å²) >= 11 is 1.81. The van der Waals surface area contributed by atoms with Gasteiger partial charge in [0.15, 0.2) is 6.29 Å². The van der Waals surface area contributed by atoms with E-state index >= 15 is 0 Å². The minimum absolute atomic E-state index is 0.183. The lowest BCUT2D eigenvalue weighted by molar-refractivity contribution is -0.119. The second-order valence-corrected chi connectivity index (χ2v) is 4.89. The molecule has 86 valence electrons. The van der Waals surface area contributed by atoms with Gasteiger partial charge in [-0.05, 0) is 26.0 Å². The molecule has 0 radical (unpaired) electrons. The summed E-state index contributed by atoms with van der Waals surface area (Å²) in [7, 11) is 3.31. The zero-order chi connectivity index (χ0) is 11.3. The van der Waals surface area contributed by atoms with E-state index in [-0.39, 0.29) is 12.3 Å². The van der Waals surface area contributed by atoms with Crippen LogP contribution >= 0.6 is 11.3 Å². The largest absolute Gasteiger partial charge is 0.354 e. The maximum Gasteiger partial charge on any atom is 0.171 e. The number of rotatable bonds is 6. The molecule has 0 aliphatic rings. The van der Waals surface area contributed by atoms with E-state index in [1.54, 1.807) is 14.2 Å². The summed E-state index contributed by atoms with van der Waals surface area (Å²) in [5.74, 6) is 0. The third kappa shape index (κ3) is 3.91. The van der Waals surface area contributed by atoms with E-state index in [2.05, 4.69) is 31.3 Å². The highest BCUT2D eigenvalue weighted by molar-refractivity contribution is 7.11. The molecule has 0 saturated carbocycles. The first-order valence-electron chi connectivity index (χ1n) is 5.01. The van der Waals surface area contributed by atoms with Crippen molar-refractivity contribution >= 4 is 11.3 Å². The fourth-order valence-electron chi connectivity index (χ4n) is 1.44. The highest BCUT2D eigenvalue weighted by Crippen LogP contribution is 2.14. The smallest absolute Gasteiger partial charge is 0.171 e. The van der Waals surface area contributed by atoms with Crippen LogP contribution in [0.15, 0.2) is 12.1 Å². The van der Waals surface area contributed by atoms with Crippen molar-refractivity contribution < 1.29 is 9.47 Å². The molecule has 0 aromatic carbocycles. The Morgan fingerprint density at radius 2 is 2.00 bits per heavy atom. The van der Waals surface area contributed by atoms with Crippen molar-refractivity contribution in [3.8, 4) is 0 Å². The maximum absolute atomic E-state index is 5.17. The average molecular weight is 229 g/mol. The van der Waals surface area contributed by atoms with Crippen molar-refractivity contribution in [1.29, 1.82) is 0 Å². The highest BCUT2D eigenvalue weighted by Gasteiger charge is 2.14. The van der Waals surface area contributed by atoms with Gasteiger partial charge >= 0.3 is 0 Å². The predicted molar refractivity (Wildman–Crippen MR) is 63.2 cm³/mol. The van der Waals surface area contributed by atoms with Crippen molar-refractivity contribution in [2.75, 3.05) is 14.2 Å². The van der Waals surface area contributed by atoms with Crippen LogP contribution < -0.4 is 5.32 Å². The summed E-state index contributed by atoms with van der Waals surface area (Å²) in [4.78, 5) is 2.68. The van der Waals surface area contributed by atoms with E-state index in [9.17, 15) is 0 Å². The zero-order valence-corrected chi connectivity index (χ0v) is 10.6. The summed E-state index contributed by atoms with van der Waals surface area (Å²) in [5, 5.41) is 3.37. The van der Waals surface area contributed by atoms with E-state index in [4.69, 9.17) is 9.47 Å². The molecule has 1 atom stereocenters. The first kappa shape index (κ1) is 12.6. The molecular weight excluding hydrogens is 210 g/mol. The molecule has 3 nitrogen and oxygen atoms in total. The van der Waals surface area contributed by atoms with Gasteiger partial charge in [-0.15, -0.1) is 11.3 Å². The number of aryl methyl sites for hydroxylation is 1. The predicted octanol–water partition coefficient (Wildman–Crippen LogP) is 2.15. The van der Waals surface area contributed by atoms with E-state index in [1.165, 1.54) is 9.75 Å². The SMILES string of the molecule is COC(OC)C(C)NCc1ccc(C)s1. The molecule has 1 N–H and O–H groups in total. The third-order valence-electron chi connectivity index (χ3n) is 2.27. The van der Waals surface area contributed by atoms with Crippen LogP contribution in [-0.4, -0.2) is 26.6 Å². The molecule has 4 heteroatoms. The summed E-state index contributed by atoms with van der Waals surface area (Å²) in [6.45, 7) is 5.03. The Morgan fingerprint density at radius 3 is 2.47 bits per heavy atom. The molecule has 1 unspecified atom stereocenters. The summed E-state index contributed by atoms with van der Waals surface area (Å²) < 4.78 is 10.3. The van der Waals surface area contributed by atoms with Crippen molar-refractivity contribution in [2.45, 2.75) is 32.7 Å². The van der Waals surface area contributed by atoms with Crippen LogP contribution in [0.3, 0.4) is 0 Å². The van der Waals surface area contributed by atoms with Crippen LogP contribution in [0.25, 0.3) is 0 Å². The van der Waals surface area contributed by atoms with Gasteiger partial charge < -0.3 is 14.8 Å². The molecule has 0 saturated heterocycles. The van der Waals surface area contributed by atoms with Gasteiger partial charge in [-0.1, -0.05) is 0 Å². The Morgan fingerprint density at radius 1 is 1.33 bits per heavy atom. The molecule has 15 heavy (non-hydrogen) atoms. The van der Waals surface area contributed by atoms with Gasteiger partial charge in [-0.3, -0.25) is 0 Å². The second kappa shape index (κ2) is 6.23. The summed E-state index contributed by atoms with van der Waals surface area (Å²) in [6.07, 6.45) is -0.189. The molecule has 1 aromatic rings. The Hall–Kier alpha value is -0.420. The lowest BCUT2D eigenvalue weighted by atomic mass is 10.3. The molecular formula is C11H19NO2S. The molecule has 1 aromatic heterocycles. The molecule has 1 rings (SSSR count). The van der Waals surface area contributed by atoms with E-state index in [0.717, 1.165) is 6.54 Å². The number of ether oxygens (including phenoxy) is 2. The Kier molecular flexibility index (Phi) is 5.25. The monoisotopic (exact) mass is 229 g/mol. The van der Waals surface area contributed by atoms with E-state index < -0.39 is 0 Å². The van der Waals surface area contributed by atoms with Crippen molar-refractivity contribution in [3.63, 3.8) is 0 Å². The van der Waals surface area contributed by atoms with E-state index in [0.29, 0.717) is 0 Å². The van der Waals surface area contributed by atoms with Gasteiger partial charge in [-0.25, -0.2) is 0 Å². The summed E-state index contributed by atoms with van der Waals surface area (Å²) in [6, 6.07) is 4.47. The molecule has 0 fully saturated rings. The zero-order valence-electron chi connectivity index (χ0n) is 9.74. The molecule has 0 bridgehead atoms. The van der Waals surface area contributed by atoms with Gasteiger partial charge in [0, 0.05) is 30.5 Å². The average Bonchev–Trinajstić information content (AvgIpc) is 2.63. The highest BCUT2D eigenvalue weighted by atomic mass is 32.1. The number of hydrogen-bond acceptors (Lipinski definition) is 4. The minimum Gasteiger partial charge on any atom is -0.354 e. The first-order valence-corrected chi connectivity index (χ1v) is 5.83. The fraction of sp³-hybridized carbons (Fsp3) is 0.636. The standard InChI is InChI=1S/C11H19NO2S/c1-8-5-6-10(15-8)7-12-9(2)11(13-3)14-4/h5-6,9,11-12H,7H2,1-4H3. The Bertz CT molecular complexity index is 284. The van der Waals surface area contributed by atoms with Crippen LogP contribution in [0.5, 0.6) is 0 Å². The van der Waals surface area contributed by atoms with Gasteiger partial charge in [0.1, 0.15) is 0 Å². The minimum atomic E-state index is -0.189. The number of hydrogen-bond donors (Lipinski definition) is 1. The molecule has 0 amide bonds. The van der Waals surface area contributed by atoms with Gasteiger partial charge in [0.25, 0.3) is 0 Å². The van der Waals surface area contributed by atoms with Crippen LogP contribution in [0, 0.1) is 6.92 Å². The summed E-state index contributed by atoms with van der Waals surface area (Å²) in [5.41, 5.74) is 0. The van der Waals surface area contributed by atoms with Crippen molar-refractivity contribution in [1.82, 2.24) is 5.32 Å². The van der Waals surface area contributed by atoms with Gasteiger partial charge in [0.05, 0.1) is 6.04 Å². The molecule has 1 heterocycles. The Balaban J connectivity index is 2.36. The number of thiophene rings is 1. The quantitative estimate of drug-likeness (QED) is 0.758. The second-order valence-electron chi connectivity index (χ2n) is 3.52. The van der Waals surface area contributed by atoms with Crippen LogP contribution in [0.4, 0.5) is 0 Å². The topological polar surface area (TPSA) is 30.5 Å². The first-order chi connectivity index (χ1) is 7.17.